The predicted octanol–water partition coefficient (Wildman–Crippen LogP) is 1.40. The molecule has 0 aliphatic rings. The summed E-state index contributed by atoms with van der Waals surface area (Å²) in [4.78, 5) is 22.3. The molecule has 0 atom stereocenters. The molecule has 0 spiro atoms. The van der Waals surface area contributed by atoms with Crippen molar-refractivity contribution < 1.29 is 9.32 Å². The fourth-order valence-electron chi connectivity index (χ4n) is 2.07. The fraction of sp³-hybridized carbons (Fsp3) is 0.467. The van der Waals surface area contributed by atoms with Crippen LogP contribution in [0.3, 0.4) is 0 Å². The number of nitrogens with one attached hydrogen (secondary N) is 1. The molecule has 1 N–H and O–H groups in total. The van der Waals surface area contributed by atoms with E-state index in [1.54, 1.807) is 12.3 Å². The van der Waals surface area contributed by atoms with Crippen LogP contribution in [0.2, 0.25) is 0 Å². The molecular weight excluding hydrogens is 282 g/mol. The fourth-order valence-corrected chi connectivity index (χ4v) is 2.07. The van der Waals surface area contributed by atoms with Gasteiger partial charge < -0.3 is 14.7 Å². The lowest BCUT2D eigenvalue weighted by Crippen LogP contribution is -2.24. The standard InChI is InChI=1S/C15H21N5O2/c1-10-13(11(2)22-19-10)5-6-14(21)17-9-12-7-8-16-15(18-12)20(3)4/h7-8H,5-6,9H2,1-4H3,(H,17,21). The van der Waals surface area contributed by atoms with Gasteiger partial charge in [0.05, 0.1) is 17.9 Å². The molecule has 0 unspecified atom stereocenters. The Balaban J connectivity index is 1.84. The van der Waals surface area contributed by atoms with Gasteiger partial charge in [0, 0.05) is 32.3 Å². The summed E-state index contributed by atoms with van der Waals surface area (Å²) in [5.74, 6) is 1.38. The minimum absolute atomic E-state index is 0.0231. The van der Waals surface area contributed by atoms with Gasteiger partial charge in [0.2, 0.25) is 11.9 Å². The largest absolute Gasteiger partial charge is 0.361 e. The molecule has 0 saturated carbocycles. The van der Waals surface area contributed by atoms with Gasteiger partial charge in [0.1, 0.15) is 5.76 Å². The van der Waals surface area contributed by atoms with Crippen LogP contribution in [0, 0.1) is 13.8 Å². The smallest absolute Gasteiger partial charge is 0.225 e. The highest BCUT2D eigenvalue weighted by Gasteiger charge is 2.11. The van der Waals surface area contributed by atoms with Crippen molar-refractivity contribution >= 4 is 11.9 Å². The molecule has 0 saturated heterocycles. The molecule has 7 nitrogen and oxygen atoms in total. The van der Waals surface area contributed by atoms with Gasteiger partial charge in [-0.25, -0.2) is 9.97 Å². The normalized spacial score (nSPS) is 10.5. The van der Waals surface area contributed by atoms with Crippen LogP contribution in [-0.2, 0) is 17.8 Å². The zero-order valence-electron chi connectivity index (χ0n) is 13.4. The summed E-state index contributed by atoms with van der Waals surface area (Å²) >= 11 is 0. The number of carbonyl (C=O) groups is 1. The van der Waals surface area contributed by atoms with E-state index in [0.717, 1.165) is 22.7 Å². The summed E-state index contributed by atoms with van der Waals surface area (Å²) < 4.78 is 5.09. The number of hydrogen-bond acceptors (Lipinski definition) is 6. The Morgan fingerprint density at radius 1 is 1.36 bits per heavy atom. The summed E-state index contributed by atoms with van der Waals surface area (Å²) in [6, 6.07) is 1.79. The molecule has 22 heavy (non-hydrogen) atoms. The maximum absolute atomic E-state index is 11.9. The Labute approximate surface area is 129 Å². The average Bonchev–Trinajstić information content (AvgIpc) is 2.82. The molecule has 0 aliphatic heterocycles. The minimum Gasteiger partial charge on any atom is -0.361 e. The number of amides is 1. The van der Waals surface area contributed by atoms with Crippen molar-refractivity contribution in [1.29, 1.82) is 0 Å². The predicted molar refractivity (Wildman–Crippen MR) is 82.5 cm³/mol. The van der Waals surface area contributed by atoms with Crippen molar-refractivity contribution in [1.82, 2.24) is 20.4 Å². The maximum Gasteiger partial charge on any atom is 0.225 e. The molecule has 2 aromatic heterocycles. The van der Waals surface area contributed by atoms with Crippen LogP contribution < -0.4 is 10.2 Å². The van der Waals surface area contributed by atoms with Crippen molar-refractivity contribution in [3.05, 3.63) is 35.0 Å². The number of carbonyl (C=O) groups excluding carboxylic acids is 1. The van der Waals surface area contributed by atoms with Crippen LogP contribution >= 0.6 is 0 Å². The van der Waals surface area contributed by atoms with Gasteiger partial charge in [0.25, 0.3) is 0 Å². The second kappa shape index (κ2) is 7.02. The van der Waals surface area contributed by atoms with E-state index in [4.69, 9.17) is 4.52 Å². The highest BCUT2D eigenvalue weighted by molar-refractivity contribution is 5.76. The van der Waals surface area contributed by atoms with Crippen molar-refractivity contribution in [2.75, 3.05) is 19.0 Å². The van der Waals surface area contributed by atoms with Crippen LogP contribution in [0.4, 0.5) is 5.95 Å². The van der Waals surface area contributed by atoms with Gasteiger partial charge in [-0.3, -0.25) is 4.79 Å². The van der Waals surface area contributed by atoms with E-state index in [1.807, 2.05) is 32.8 Å². The molecular formula is C15H21N5O2. The van der Waals surface area contributed by atoms with Crippen LogP contribution in [0.1, 0.15) is 29.1 Å². The number of rotatable bonds is 6. The number of aromatic nitrogens is 3. The topological polar surface area (TPSA) is 84.2 Å². The molecule has 0 radical (unpaired) electrons. The van der Waals surface area contributed by atoms with Gasteiger partial charge in [-0.2, -0.15) is 0 Å². The third-order valence-electron chi connectivity index (χ3n) is 3.35. The highest BCUT2D eigenvalue weighted by Crippen LogP contribution is 2.14. The zero-order valence-corrected chi connectivity index (χ0v) is 13.4. The molecule has 2 rings (SSSR count). The maximum atomic E-state index is 11.9. The second-order valence-electron chi connectivity index (χ2n) is 5.32. The van der Waals surface area contributed by atoms with E-state index in [-0.39, 0.29) is 5.91 Å². The summed E-state index contributed by atoms with van der Waals surface area (Å²) in [5, 5.41) is 6.75. The Hall–Kier alpha value is -2.44. The lowest BCUT2D eigenvalue weighted by Gasteiger charge is -2.11. The Morgan fingerprint density at radius 3 is 2.77 bits per heavy atom. The van der Waals surface area contributed by atoms with E-state index in [2.05, 4.69) is 20.4 Å². The summed E-state index contributed by atoms with van der Waals surface area (Å²) in [5.41, 5.74) is 2.63. The third kappa shape index (κ3) is 4.03. The Kier molecular flexibility index (Phi) is 5.08. The van der Waals surface area contributed by atoms with Crippen LogP contribution in [-0.4, -0.2) is 35.1 Å². The number of aryl methyl sites for hydroxylation is 2. The first kappa shape index (κ1) is 15.9. The number of hydrogen-bond donors (Lipinski definition) is 1. The molecule has 7 heteroatoms. The van der Waals surface area contributed by atoms with Gasteiger partial charge >= 0.3 is 0 Å². The van der Waals surface area contributed by atoms with E-state index >= 15 is 0 Å². The molecule has 1 amide bonds. The molecule has 0 bridgehead atoms. The highest BCUT2D eigenvalue weighted by atomic mass is 16.5. The quantitative estimate of drug-likeness (QED) is 0.868. The van der Waals surface area contributed by atoms with Crippen molar-refractivity contribution in [2.24, 2.45) is 0 Å². The molecule has 118 valence electrons. The third-order valence-corrected chi connectivity index (χ3v) is 3.35. The molecule has 0 fully saturated rings. The van der Waals surface area contributed by atoms with E-state index in [0.29, 0.717) is 25.3 Å². The number of nitrogens with zero attached hydrogens (tertiary/aromatic N) is 4. The SMILES string of the molecule is Cc1noc(C)c1CCC(=O)NCc1ccnc(N(C)C)n1. The summed E-state index contributed by atoms with van der Waals surface area (Å²) in [7, 11) is 3.75. The van der Waals surface area contributed by atoms with Gasteiger partial charge in [-0.15, -0.1) is 0 Å². The van der Waals surface area contributed by atoms with Gasteiger partial charge in [-0.05, 0) is 26.3 Å². The van der Waals surface area contributed by atoms with E-state index < -0.39 is 0 Å². The summed E-state index contributed by atoms with van der Waals surface area (Å²) in [6.45, 7) is 4.13. The zero-order chi connectivity index (χ0) is 16.1. The first-order valence-corrected chi connectivity index (χ1v) is 7.15. The van der Waals surface area contributed by atoms with Crippen LogP contribution in [0.25, 0.3) is 0 Å². The second-order valence-corrected chi connectivity index (χ2v) is 5.32. The first-order chi connectivity index (χ1) is 10.5. The first-order valence-electron chi connectivity index (χ1n) is 7.15. The molecule has 2 heterocycles. The van der Waals surface area contributed by atoms with E-state index in [1.165, 1.54) is 0 Å². The van der Waals surface area contributed by atoms with Gasteiger partial charge in [0.15, 0.2) is 0 Å². The number of anilines is 1. The van der Waals surface area contributed by atoms with Crippen molar-refractivity contribution in [3.63, 3.8) is 0 Å². The Morgan fingerprint density at radius 2 is 2.14 bits per heavy atom. The Bertz CT molecular complexity index is 632. The molecule has 0 aromatic carbocycles. The van der Waals surface area contributed by atoms with Crippen LogP contribution in [0.5, 0.6) is 0 Å². The molecule has 0 aliphatic carbocycles. The van der Waals surface area contributed by atoms with Crippen LogP contribution in [0.15, 0.2) is 16.8 Å². The minimum atomic E-state index is -0.0231. The van der Waals surface area contributed by atoms with Gasteiger partial charge in [-0.1, -0.05) is 5.16 Å². The summed E-state index contributed by atoms with van der Waals surface area (Å²) in [6.07, 6.45) is 2.71. The lowest BCUT2D eigenvalue weighted by atomic mass is 10.1. The van der Waals surface area contributed by atoms with E-state index in [9.17, 15) is 4.79 Å². The monoisotopic (exact) mass is 303 g/mol. The average molecular weight is 303 g/mol. The lowest BCUT2D eigenvalue weighted by molar-refractivity contribution is -0.121. The van der Waals surface area contributed by atoms with Crippen molar-refractivity contribution in [2.45, 2.75) is 33.2 Å². The van der Waals surface area contributed by atoms with Crippen molar-refractivity contribution in [3.8, 4) is 0 Å². The molecule has 2 aromatic rings.